The molecule has 1 saturated heterocycles. The van der Waals surface area contributed by atoms with Gasteiger partial charge in [0.2, 0.25) is 5.91 Å². The van der Waals surface area contributed by atoms with Gasteiger partial charge in [0.25, 0.3) is 5.91 Å². The lowest BCUT2D eigenvalue weighted by Crippen LogP contribution is -2.57. The number of para-hydroxylation sites is 1. The number of methoxy groups -OCH3 is 1. The quantitative estimate of drug-likeness (QED) is 0.896. The maximum Gasteiger partial charge on any atom is 0.260 e. The molecule has 1 unspecified atom stereocenters. The SMILES string of the molecule is COc1ccccc1C(=O)N1C(C(=O)NC(C)C)COC12CCCCC2. The van der Waals surface area contributed by atoms with Crippen molar-refractivity contribution in [3.8, 4) is 5.75 Å². The fourth-order valence-corrected chi connectivity index (χ4v) is 4.00. The molecule has 2 aliphatic rings. The molecule has 1 aliphatic heterocycles. The minimum atomic E-state index is -0.685. The summed E-state index contributed by atoms with van der Waals surface area (Å²) in [6.45, 7) is 4.06. The Bertz CT molecular complexity index is 668. The molecule has 1 aromatic rings. The van der Waals surface area contributed by atoms with E-state index in [1.807, 2.05) is 26.0 Å². The van der Waals surface area contributed by atoms with Gasteiger partial charge in [-0.1, -0.05) is 18.6 Å². The van der Waals surface area contributed by atoms with Crippen molar-refractivity contribution in [3.63, 3.8) is 0 Å². The van der Waals surface area contributed by atoms with E-state index < -0.39 is 11.8 Å². The molecule has 142 valence electrons. The van der Waals surface area contributed by atoms with Gasteiger partial charge in [0.15, 0.2) is 0 Å². The van der Waals surface area contributed by atoms with Crippen LogP contribution in [0.25, 0.3) is 0 Å². The number of ether oxygens (including phenoxy) is 2. The minimum absolute atomic E-state index is 0.00798. The standard InChI is InChI=1S/C20H28N2O4/c1-14(2)21-18(23)16-13-26-20(11-7-4-8-12-20)22(16)19(24)15-9-5-6-10-17(15)25-3/h5-6,9-10,14,16H,4,7-8,11-13H2,1-3H3,(H,21,23). The highest BCUT2D eigenvalue weighted by molar-refractivity contribution is 6.00. The number of nitrogens with zero attached hydrogens (tertiary/aromatic N) is 1. The zero-order chi connectivity index (χ0) is 18.7. The first-order valence-electron chi connectivity index (χ1n) is 9.39. The van der Waals surface area contributed by atoms with E-state index in [-0.39, 0.29) is 24.5 Å². The maximum absolute atomic E-state index is 13.5. The summed E-state index contributed by atoms with van der Waals surface area (Å²) in [5, 5.41) is 2.93. The van der Waals surface area contributed by atoms with Crippen LogP contribution in [0.1, 0.15) is 56.3 Å². The van der Waals surface area contributed by atoms with Gasteiger partial charge in [-0.3, -0.25) is 14.5 Å². The van der Waals surface area contributed by atoms with Gasteiger partial charge in [-0.2, -0.15) is 0 Å². The number of benzene rings is 1. The van der Waals surface area contributed by atoms with Crippen LogP contribution in [0.4, 0.5) is 0 Å². The molecular weight excluding hydrogens is 332 g/mol. The highest BCUT2D eigenvalue weighted by Gasteiger charge is 2.53. The molecule has 1 aromatic carbocycles. The fourth-order valence-electron chi connectivity index (χ4n) is 4.00. The molecule has 1 spiro atoms. The van der Waals surface area contributed by atoms with E-state index in [0.29, 0.717) is 11.3 Å². The van der Waals surface area contributed by atoms with Gasteiger partial charge in [0.05, 0.1) is 19.3 Å². The summed E-state index contributed by atoms with van der Waals surface area (Å²) in [6, 6.07) is 6.54. The molecule has 6 nitrogen and oxygen atoms in total. The van der Waals surface area contributed by atoms with E-state index in [0.717, 1.165) is 32.1 Å². The lowest BCUT2D eigenvalue weighted by molar-refractivity contribution is -0.127. The topological polar surface area (TPSA) is 67.9 Å². The fraction of sp³-hybridized carbons (Fsp3) is 0.600. The predicted octanol–water partition coefficient (Wildman–Crippen LogP) is 2.72. The third-order valence-electron chi connectivity index (χ3n) is 5.19. The van der Waals surface area contributed by atoms with E-state index in [2.05, 4.69) is 5.32 Å². The summed E-state index contributed by atoms with van der Waals surface area (Å²) < 4.78 is 11.5. The molecule has 1 aliphatic carbocycles. The van der Waals surface area contributed by atoms with Crippen molar-refractivity contribution >= 4 is 11.8 Å². The van der Waals surface area contributed by atoms with E-state index in [1.54, 1.807) is 24.1 Å². The van der Waals surface area contributed by atoms with Crippen molar-refractivity contribution in [2.24, 2.45) is 0 Å². The van der Waals surface area contributed by atoms with Crippen molar-refractivity contribution < 1.29 is 19.1 Å². The zero-order valence-electron chi connectivity index (χ0n) is 15.8. The molecular formula is C20H28N2O4. The van der Waals surface area contributed by atoms with Crippen molar-refractivity contribution in [1.82, 2.24) is 10.2 Å². The van der Waals surface area contributed by atoms with Gasteiger partial charge in [-0.25, -0.2) is 0 Å². The largest absolute Gasteiger partial charge is 0.496 e. The van der Waals surface area contributed by atoms with E-state index in [1.165, 1.54) is 0 Å². The number of hydrogen-bond donors (Lipinski definition) is 1. The van der Waals surface area contributed by atoms with Gasteiger partial charge < -0.3 is 14.8 Å². The summed E-state index contributed by atoms with van der Waals surface area (Å²) in [5.74, 6) is 0.148. The normalized spacial score (nSPS) is 21.8. The summed E-state index contributed by atoms with van der Waals surface area (Å²) in [6.07, 6.45) is 4.64. The molecule has 1 heterocycles. The molecule has 2 amide bonds. The molecule has 0 aromatic heterocycles. The van der Waals surface area contributed by atoms with Crippen LogP contribution in [0.2, 0.25) is 0 Å². The van der Waals surface area contributed by atoms with Gasteiger partial charge in [-0.05, 0) is 51.7 Å². The number of nitrogens with one attached hydrogen (secondary N) is 1. The number of carbonyl (C=O) groups excluding carboxylic acids is 2. The summed E-state index contributed by atoms with van der Waals surface area (Å²) in [4.78, 5) is 27.9. The van der Waals surface area contributed by atoms with E-state index >= 15 is 0 Å². The number of hydrogen-bond acceptors (Lipinski definition) is 4. The second-order valence-electron chi connectivity index (χ2n) is 7.37. The Hall–Kier alpha value is -2.08. The molecule has 1 N–H and O–H groups in total. The van der Waals surface area contributed by atoms with Gasteiger partial charge in [-0.15, -0.1) is 0 Å². The summed E-state index contributed by atoms with van der Waals surface area (Å²) in [5.41, 5.74) is -0.220. The predicted molar refractivity (Wildman–Crippen MR) is 98.0 cm³/mol. The van der Waals surface area contributed by atoms with Crippen LogP contribution in [0, 0.1) is 0 Å². The summed E-state index contributed by atoms with van der Waals surface area (Å²) >= 11 is 0. The number of carbonyl (C=O) groups is 2. The second kappa shape index (κ2) is 7.66. The first-order valence-corrected chi connectivity index (χ1v) is 9.39. The molecule has 3 rings (SSSR count). The van der Waals surface area contributed by atoms with Crippen LogP contribution in [-0.4, -0.2) is 48.2 Å². The third-order valence-corrected chi connectivity index (χ3v) is 5.19. The lowest BCUT2D eigenvalue weighted by atomic mass is 9.89. The van der Waals surface area contributed by atoms with Gasteiger partial charge in [0.1, 0.15) is 17.5 Å². The van der Waals surface area contributed by atoms with Crippen LogP contribution in [0.3, 0.4) is 0 Å². The van der Waals surface area contributed by atoms with Crippen LogP contribution < -0.4 is 10.1 Å². The van der Waals surface area contributed by atoms with Crippen LogP contribution in [0.15, 0.2) is 24.3 Å². The molecule has 2 fully saturated rings. The molecule has 26 heavy (non-hydrogen) atoms. The van der Waals surface area contributed by atoms with E-state index in [9.17, 15) is 9.59 Å². The Morgan fingerprint density at radius 1 is 1.23 bits per heavy atom. The van der Waals surface area contributed by atoms with Gasteiger partial charge in [0, 0.05) is 6.04 Å². The Labute approximate surface area is 154 Å². The molecule has 1 saturated carbocycles. The number of amides is 2. The van der Waals surface area contributed by atoms with Crippen molar-refractivity contribution in [1.29, 1.82) is 0 Å². The lowest BCUT2D eigenvalue weighted by Gasteiger charge is -2.41. The van der Waals surface area contributed by atoms with E-state index in [4.69, 9.17) is 9.47 Å². The highest BCUT2D eigenvalue weighted by atomic mass is 16.5. The minimum Gasteiger partial charge on any atom is -0.496 e. The van der Waals surface area contributed by atoms with Crippen molar-refractivity contribution in [2.45, 2.75) is 63.8 Å². The molecule has 1 atom stereocenters. The number of rotatable bonds is 4. The first-order chi connectivity index (χ1) is 12.5. The average molecular weight is 360 g/mol. The zero-order valence-corrected chi connectivity index (χ0v) is 15.8. The highest BCUT2D eigenvalue weighted by Crippen LogP contribution is 2.42. The maximum atomic E-state index is 13.5. The molecule has 0 bridgehead atoms. The third kappa shape index (κ3) is 3.43. The van der Waals surface area contributed by atoms with Crippen LogP contribution >= 0.6 is 0 Å². The Balaban J connectivity index is 1.97. The Morgan fingerprint density at radius 2 is 1.92 bits per heavy atom. The Kier molecular flexibility index (Phi) is 5.51. The van der Waals surface area contributed by atoms with Crippen molar-refractivity contribution in [2.75, 3.05) is 13.7 Å². The van der Waals surface area contributed by atoms with Crippen LogP contribution in [0.5, 0.6) is 5.75 Å². The van der Waals surface area contributed by atoms with Crippen molar-refractivity contribution in [3.05, 3.63) is 29.8 Å². The first kappa shape index (κ1) is 18.7. The smallest absolute Gasteiger partial charge is 0.260 e. The van der Waals surface area contributed by atoms with Gasteiger partial charge >= 0.3 is 0 Å². The second-order valence-corrected chi connectivity index (χ2v) is 7.37. The molecule has 0 radical (unpaired) electrons. The molecule has 6 heteroatoms. The monoisotopic (exact) mass is 360 g/mol. The Morgan fingerprint density at radius 3 is 2.58 bits per heavy atom. The van der Waals surface area contributed by atoms with Crippen LogP contribution in [-0.2, 0) is 9.53 Å². The average Bonchev–Trinajstić information content (AvgIpc) is 2.99. The summed E-state index contributed by atoms with van der Waals surface area (Å²) in [7, 11) is 1.55.